The molecule has 3 aromatic rings. The van der Waals surface area contributed by atoms with E-state index in [9.17, 15) is 14.4 Å². The van der Waals surface area contributed by atoms with Crippen LogP contribution in [0.3, 0.4) is 0 Å². The molecule has 6 heteroatoms. The number of nitrogens with two attached hydrogens (primary N) is 1. The maximum Gasteiger partial charge on any atom is 0.244 e. The third-order valence-electron chi connectivity index (χ3n) is 6.59. The monoisotopic (exact) mass is 499 g/mol. The SMILES string of the molecule is CC(=O)c1ccc(-c2ccccc2)cc1.Cc1ccc(CN)cc1NC(=O)CN1CCCCC(C)C1=O. The number of Topliss-reactive ketones (excluding diaryl/α,β-unsaturated/α-hetero) is 1. The van der Waals surface area contributed by atoms with Crippen LogP contribution in [-0.2, 0) is 16.1 Å². The molecule has 0 bridgehead atoms. The number of hydrogen-bond donors (Lipinski definition) is 2. The summed E-state index contributed by atoms with van der Waals surface area (Å²) >= 11 is 0. The topological polar surface area (TPSA) is 92.5 Å². The highest BCUT2D eigenvalue weighted by Crippen LogP contribution is 2.20. The van der Waals surface area contributed by atoms with Gasteiger partial charge >= 0.3 is 0 Å². The summed E-state index contributed by atoms with van der Waals surface area (Å²) in [6.45, 7) is 6.68. The van der Waals surface area contributed by atoms with Crippen molar-refractivity contribution >= 4 is 23.3 Å². The van der Waals surface area contributed by atoms with Gasteiger partial charge in [-0.2, -0.15) is 0 Å². The van der Waals surface area contributed by atoms with Crippen LogP contribution < -0.4 is 11.1 Å². The Hall–Kier alpha value is -3.77. The Morgan fingerprint density at radius 2 is 1.65 bits per heavy atom. The highest BCUT2D eigenvalue weighted by atomic mass is 16.2. The standard InChI is InChI=1S/C17H25N3O2.C14H12O/c1-12-6-7-14(10-18)9-15(12)19-16(21)11-20-8-4-3-5-13(2)17(20)22;1-11(15)12-7-9-14(10-8-12)13-5-3-2-4-6-13/h6-7,9,13H,3-5,8,10-11,18H2,1-2H3,(H,19,21);2-10H,1H3. The zero-order chi connectivity index (χ0) is 26.8. The first-order valence-electron chi connectivity index (χ1n) is 12.8. The molecule has 0 aliphatic carbocycles. The minimum absolute atomic E-state index is 0.0117. The summed E-state index contributed by atoms with van der Waals surface area (Å²) in [5, 5.41) is 2.90. The molecule has 0 spiro atoms. The van der Waals surface area contributed by atoms with E-state index < -0.39 is 0 Å². The molecule has 0 aromatic heterocycles. The summed E-state index contributed by atoms with van der Waals surface area (Å²) in [6, 6.07) is 23.6. The van der Waals surface area contributed by atoms with Crippen molar-refractivity contribution in [2.75, 3.05) is 18.4 Å². The maximum absolute atomic E-state index is 12.3. The largest absolute Gasteiger partial charge is 0.333 e. The summed E-state index contributed by atoms with van der Waals surface area (Å²) in [4.78, 5) is 37.3. The molecule has 1 aliphatic heterocycles. The molecule has 3 N–H and O–H groups in total. The normalized spacial score (nSPS) is 15.3. The number of anilines is 1. The minimum atomic E-state index is -0.153. The first-order chi connectivity index (χ1) is 17.8. The molecular formula is C31H37N3O3. The lowest BCUT2D eigenvalue weighted by Gasteiger charge is -2.22. The van der Waals surface area contributed by atoms with Crippen molar-refractivity contribution in [3.05, 3.63) is 89.5 Å². The van der Waals surface area contributed by atoms with E-state index in [1.165, 1.54) is 5.56 Å². The lowest BCUT2D eigenvalue weighted by Crippen LogP contribution is -2.40. The van der Waals surface area contributed by atoms with Gasteiger partial charge in [0.25, 0.3) is 0 Å². The number of carbonyl (C=O) groups excluding carboxylic acids is 3. The molecule has 1 saturated heterocycles. The van der Waals surface area contributed by atoms with Gasteiger partial charge in [-0.1, -0.05) is 80.1 Å². The van der Waals surface area contributed by atoms with E-state index in [1.807, 2.05) is 74.5 Å². The number of likely N-dealkylation sites (tertiary alicyclic amines) is 1. The van der Waals surface area contributed by atoms with Gasteiger partial charge in [0.1, 0.15) is 0 Å². The molecule has 1 atom stereocenters. The molecule has 0 radical (unpaired) electrons. The Kier molecular flexibility index (Phi) is 10.2. The van der Waals surface area contributed by atoms with Gasteiger partial charge in [0.15, 0.2) is 5.78 Å². The Labute approximate surface area is 219 Å². The van der Waals surface area contributed by atoms with Crippen molar-refractivity contribution in [3.63, 3.8) is 0 Å². The number of amides is 2. The van der Waals surface area contributed by atoms with Crippen LogP contribution in [0.15, 0.2) is 72.8 Å². The average molecular weight is 500 g/mol. The van der Waals surface area contributed by atoms with Gasteiger partial charge in [-0.05, 0) is 55.0 Å². The quantitative estimate of drug-likeness (QED) is 0.432. The molecule has 37 heavy (non-hydrogen) atoms. The first-order valence-corrected chi connectivity index (χ1v) is 12.8. The molecule has 4 rings (SSSR count). The van der Waals surface area contributed by atoms with Crippen molar-refractivity contribution in [3.8, 4) is 11.1 Å². The fraction of sp³-hybridized carbons (Fsp3) is 0.323. The fourth-order valence-electron chi connectivity index (χ4n) is 4.28. The number of nitrogens with one attached hydrogen (secondary N) is 1. The van der Waals surface area contributed by atoms with Crippen LogP contribution in [0.25, 0.3) is 11.1 Å². The van der Waals surface area contributed by atoms with Gasteiger partial charge in [-0.15, -0.1) is 0 Å². The van der Waals surface area contributed by atoms with Crippen LogP contribution in [0.2, 0.25) is 0 Å². The van der Waals surface area contributed by atoms with E-state index in [2.05, 4.69) is 17.4 Å². The average Bonchev–Trinajstić information content (AvgIpc) is 3.06. The Balaban J connectivity index is 0.000000220. The van der Waals surface area contributed by atoms with Crippen molar-refractivity contribution in [1.29, 1.82) is 0 Å². The molecule has 1 unspecified atom stereocenters. The van der Waals surface area contributed by atoms with Gasteiger partial charge in [0, 0.05) is 30.3 Å². The van der Waals surface area contributed by atoms with Crippen LogP contribution in [0.4, 0.5) is 5.69 Å². The zero-order valence-corrected chi connectivity index (χ0v) is 22.0. The van der Waals surface area contributed by atoms with E-state index in [0.29, 0.717) is 13.1 Å². The van der Waals surface area contributed by atoms with Crippen molar-refractivity contribution in [2.24, 2.45) is 11.7 Å². The van der Waals surface area contributed by atoms with Crippen molar-refractivity contribution < 1.29 is 14.4 Å². The minimum Gasteiger partial charge on any atom is -0.333 e. The summed E-state index contributed by atoms with van der Waals surface area (Å²) in [7, 11) is 0. The van der Waals surface area contributed by atoms with Gasteiger partial charge in [-0.3, -0.25) is 14.4 Å². The summed E-state index contributed by atoms with van der Waals surface area (Å²) in [6.07, 6.45) is 2.92. The number of benzene rings is 3. The number of carbonyl (C=O) groups is 3. The summed E-state index contributed by atoms with van der Waals surface area (Å²) in [5.74, 6) is 0.0482. The molecule has 0 saturated carbocycles. The molecular weight excluding hydrogens is 462 g/mol. The van der Waals surface area contributed by atoms with Gasteiger partial charge in [0.2, 0.25) is 11.8 Å². The van der Waals surface area contributed by atoms with Crippen molar-refractivity contribution in [2.45, 2.75) is 46.6 Å². The number of ketones is 1. The van der Waals surface area contributed by atoms with Gasteiger partial charge in [0.05, 0.1) is 6.54 Å². The maximum atomic E-state index is 12.3. The number of nitrogens with zero attached hydrogens (tertiary/aromatic N) is 1. The van der Waals surface area contributed by atoms with Gasteiger partial charge < -0.3 is 16.0 Å². The Morgan fingerprint density at radius 1 is 0.973 bits per heavy atom. The molecule has 194 valence electrons. The predicted molar refractivity (Wildman–Crippen MR) is 149 cm³/mol. The molecule has 1 fully saturated rings. The van der Waals surface area contributed by atoms with E-state index in [4.69, 9.17) is 5.73 Å². The summed E-state index contributed by atoms with van der Waals surface area (Å²) < 4.78 is 0. The Morgan fingerprint density at radius 3 is 2.30 bits per heavy atom. The summed E-state index contributed by atoms with van der Waals surface area (Å²) in [5.41, 5.74) is 11.4. The van der Waals surface area contributed by atoms with Crippen LogP contribution in [-0.4, -0.2) is 35.6 Å². The lowest BCUT2D eigenvalue weighted by atomic mass is 10.0. The van der Waals surface area contributed by atoms with Crippen LogP contribution >= 0.6 is 0 Å². The Bertz CT molecular complexity index is 1210. The molecule has 3 aromatic carbocycles. The van der Waals surface area contributed by atoms with Crippen LogP contribution in [0, 0.1) is 12.8 Å². The van der Waals surface area contributed by atoms with E-state index in [-0.39, 0.29) is 30.1 Å². The van der Waals surface area contributed by atoms with E-state index in [0.717, 1.165) is 47.2 Å². The van der Waals surface area contributed by atoms with Crippen molar-refractivity contribution in [1.82, 2.24) is 4.90 Å². The van der Waals surface area contributed by atoms with Crippen LogP contribution in [0.5, 0.6) is 0 Å². The zero-order valence-electron chi connectivity index (χ0n) is 22.0. The van der Waals surface area contributed by atoms with E-state index in [1.54, 1.807) is 11.8 Å². The van der Waals surface area contributed by atoms with E-state index >= 15 is 0 Å². The molecule has 1 aliphatic rings. The second-order valence-electron chi connectivity index (χ2n) is 9.56. The lowest BCUT2D eigenvalue weighted by molar-refractivity contribution is -0.137. The third-order valence-corrected chi connectivity index (χ3v) is 6.59. The molecule has 2 amide bonds. The number of rotatable bonds is 6. The second-order valence-corrected chi connectivity index (χ2v) is 9.56. The highest BCUT2D eigenvalue weighted by molar-refractivity contribution is 5.95. The molecule has 6 nitrogen and oxygen atoms in total. The number of aryl methyl sites for hydroxylation is 1. The first kappa shape index (κ1) is 27.8. The smallest absolute Gasteiger partial charge is 0.244 e. The fourth-order valence-corrected chi connectivity index (χ4v) is 4.28. The van der Waals surface area contributed by atoms with Crippen LogP contribution in [0.1, 0.15) is 54.6 Å². The highest BCUT2D eigenvalue weighted by Gasteiger charge is 2.25. The second kappa shape index (κ2) is 13.5. The third kappa shape index (κ3) is 8.12. The molecule has 1 heterocycles. The number of hydrogen-bond acceptors (Lipinski definition) is 4. The predicted octanol–water partition coefficient (Wildman–Crippen LogP) is 5.60. The van der Waals surface area contributed by atoms with Gasteiger partial charge in [-0.25, -0.2) is 0 Å².